The van der Waals surface area contributed by atoms with Gasteiger partial charge < -0.3 is 9.67 Å². The number of hydrogen-bond acceptors (Lipinski definition) is 1. The summed E-state index contributed by atoms with van der Waals surface area (Å²) in [5.41, 5.74) is 1.13. The molecule has 0 aliphatic heterocycles. The Kier molecular flexibility index (Phi) is 2.07. The van der Waals surface area contributed by atoms with Crippen molar-refractivity contribution >= 4 is 10.9 Å². The second kappa shape index (κ2) is 3.23. The van der Waals surface area contributed by atoms with Gasteiger partial charge in [0.2, 0.25) is 0 Å². The maximum atomic E-state index is 9.25. The van der Waals surface area contributed by atoms with Crippen molar-refractivity contribution in [2.45, 2.75) is 19.6 Å². The summed E-state index contributed by atoms with van der Waals surface area (Å²) in [6.07, 6.45) is 1.57. The van der Waals surface area contributed by atoms with Crippen molar-refractivity contribution in [1.82, 2.24) is 4.57 Å². The minimum atomic E-state index is -0.316. The van der Waals surface area contributed by atoms with Gasteiger partial charge in [-0.25, -0.2) is 0 Å². The number of fused-ring (bicyclic) bond motifs is 1. The Morgan fingerprint density at radius 2 is 2.23 bits per heavy atom. The fourth-order valence-corrected chi connectivity index (χ4v) is 1.50. The summed E-state index contributed by atoms with van der Waals surface area (Å²) < 4.78 is 2.01. The van der Waals surface area contributed by atoms with Crippen molar-refractivity contribution in [2.75, 3.05) is 0 Å². The highest BCUT2D eigenvalue weighted by molar-refractivity contribution is 5.79. The number of hydrogen-bond donors (Lipinski definition) is 1. The highest BCUT2D eigenvalue weighted by Gasteiger charge is 2.02. The van der Waals surface area contributed by atoms with E-state index in [4.69, 9.17) is 0 Å². The van der Waals surface area contributed by atoms with Crippen molar-refractivity contribution in [3.05, 3.63) is 36.5 Å². The molecule has 2 heteroatoms. The van der Waals surface area contributed by atoms with Gasteiger partial charge in [0.15, 0.2) is 0 Å². The lowest BCUT2D eigenvalue weighted by Gasteiger charge is -2.06. The molecular formula is C11H12NO. The molecule has 0 saturated heterocycles. The molecule has 1 aromatic carbocycles. The fraction of sp³-hybridized carbons (Fsp3) is 0.273. The minimum absolute atomic E-state index is 0.316. The van der Waals surface area contributed by atoms with E-state index in [1.165, 1.54) is 0 Å². The summed E-state index contributed by atoms with van der Waals surface area (Å²) in [4.78, 5) is 0. The summed E-state index contributed by atoms with van der Waals surface area (Å²) >= 11 is 0. The molecule has 67 valence electrons. The number of rotatable bonds is 2. The number of benzene rings is 1. The lowest BCUT2D eigenvalue weighted by Crippen LogP contribution is -2.10. The van der Waals surface area contributed by atoms with Crippen LogP contribution in [0.15, 0.2) is 30.5 Å². The average Bonchev–Trinajstić information content (AvgIpc) is 2.48. The first-order chi connectivity index (χ1) is 6.27. The van der Waals surface area contributed by atoms with Crippen LogP contribution in [0.4, 0.5) is 0 Å². The number of nitrogens with zero attached hydrogens (tertiary/aromatic N) is 1. The molecule has 0 aliphatic carbocycles. The highest BCUT2D eigenvalue weighted by atomic mass is 16.3. The molecule has 0 bridgehead atoms. The number of aromatic nitrogens is 1. The van der Waals surface area contributed by atoms with Gasteiger partial charge >= 0.3 is 0 Å². The van der Waals surface area contributed by atoms with Crippen LogP contribution >= 0.6 is 0 Å². The van der Waals surface area contributed by atoms with E-state index in [1.54, 1.807) is 6.92 Å². The molecule has 0 spiro atoms. The number of aliphatic hydroxyl groups excluding tert-OH is 1. The van der Waals surface area contributed by atoms with Crippen LogP contribution in [0.2, 0.25) is 0 Å². The third-order valence-electron chi connectivity index (χ3n) is 2.05. The van der Waals surface area contributed by atoms with Crippen LogP contribution in [0.25, 0.3) is 10.9 Å². The van der Waals surface area contributed by atoms with E-state index in [1.807, 2.05) is 35.0 Å². The van der Waals surface area contributed by atoms with Gasteiger partial charge in [-0.1, -0.05) is 18.2 Å². The molecule has 2 nitrogen and oxygen atoms in total. The monoisotopic (exact) mass is 174 g/mol. The van der Waals surface area contributed by atoms with Gasteiger partial charge in [-0.15, -0.1) is 0 Å². The van der Waals surface area contributed by atoms with Crippen LogP contribution in [-0.4, -0.2) is 15.8 Å². The molecule has 1 radical (unpaired) electrons. The Balaban J connectivity index is 2.46. The molecule has 1 heterocycles. The average molecular weight is 174 g/mol. The van der Waals surface area contributed by atoms with E-state index in [9.17, 15) is 5.11 Å². The Bertz CT molecular complexity index is 403. The van der Waals surface area contributed by atoms with Crippen molar-refractivity contribution in [3.63, 3.8) is 0 Å². The molecule has 1 aromatic heterocycles. The van der Waals surface area contributed by atoms with E-state index in [0.717, 1.165) is 10.9 Å². The highest BCUT2D eigenvalue weighted by Crippen LogP contribution is 2.14. The smallest absolute Gasteiger partial charge is 0.0691 e. The van der Waals surface area contributed by atoms with Crippen molar-refractivity contribution in [1.29, 1.82) is 0 Å². The minimum Gasteiger partial charge on any atom is -0.392 e. The SMILES string of the molecule is CC(O)Cn1c[c]c2ccccc21. The predicted molar refractivity (Wildman–Crippen MR) is 52.5 cm³/mol. The van der Waals surface area contributed by atoms with E-state index in [-0.39, 0.29) is 6.10 Å². The Morgan fingerprint density at radius 1 is 1.46 bits per heavy atom. The lowest BCUT2D eigenvalue weighted by atomic mass is 10.2. The van der Waals surface area contributed by atoms with Gasteiger partial charge in [0.1, 0.15) is 0 Å². The quantitative estimate of drug-likeness (QED) is 0.738. The topological polar surface area (TPSA) is 25.2 Å². The summed E-state index contributed by atoms with van der Waals surface area (Å²) in [6, 6.07) is 11.2. The second-order valence-electron chi connectivity index (χ2n) is 3.29. The van der Waals surface area contributed by atoms with Crippen LogP contribution < -0.4 is 0 Å². The molecule has 1 atom stereocenters. The summed E-state index contributed by atoms with van der Waals surface area (Å²) in [5, 5.41) is 10.3. The molecule has 0 aliphatic rings. The molecule has 2 rings (SSSR count). The Hall–Kier alpha value is -1.28. The predicted octanol–water partition coefficient (Wildman–Crippen LogP) is 1.82. The van der Waals surface area contributed by atoms with E-state index in [2.05, 4.69) is 6.07 Å². The maximum Gasteiger partial charge on any atom is 0.0691 e. The van der Waals surface area contributed by atoms with Crippen molar-refractivity contribution in [3.8, 4) is 0 Å². The zero-order valence-electron chi connectivity index (χ0n) is 7.57. The third kappa shape index (κ3) is 1.58. The summed E-state index contributed by atoms with van der Waals surface area (Å²) in [7, 11) is 0. The lowest BCUT2D eigenvalue weighted by molar-refractivity contribution is 0.175. The normalized spacial score (nSPS) is 13.4. The Morgan fingerprint density at radius 3 is 3.00 bits per heavy atom. The van der Waals surface area contributed by atoms with Gasteiger partial charge in [0.05, 0.1) is 6.10 Å². The molecule has 2 aromatic rings. The van der Waals surface area contributed by atoms with Crippen LogP contribution in [-0.2, 0) is 6.54 Å². The molecule has 1 unspecified atom stereocenters. The first-order valence-electron chi connectivity index (χ1n) is 4.41. The van der Waals surface area contributed by atoms with Crippen LogP contribution in [0.3, 0.4) is 0 Å². The van der Waals surface area contributed by atoms with Crippen LogP contribution in [0, 0.1) is 6.07 Å². The number of aliphatic hydroxyl groups is 1. The molecule has 0 fully saturated rings. The van der Waals surface area contributed by atoms with Crippen molar-refractivity contribution < 1.29 is 5.11 Å². The van der Waals surface area contributed by atoms with E-state index >= 15 is 0 Å². The second-order valence-corrected chi connectivity index (χ2v) is 3.29. The number of para-hydroxylation sites is 1. The first kappa shape index (κ1) is 8.32. The van der Waals surface area contributed by atoms with E-state index in [0.29, 0.717) is 6.54 Å². The van der Waals surface area contributed by atoms with Crippen LogP contribution in [0.5, 0.6) is 0 Å². The zero-order chi connectivity index (χ0) is 9.26. The van der Waals surface area contributed by atoms with Gasteiger partial charge in [-0.3, -0.25) is 0 Å². The molecular weight excluding hydrogens is 162 g/mol. The van der Waals surface area contributed by atoms with Crippen molar-refractivity contribution in [2.24, 2.45) is 0 Å². The van der Waals surface area contributed by atoms with Gasteiger partial charge in [-0.2, -0.15) is 0 Å². The maximum absolute atomic E-state index is 9.25. The Labute approximate surface area is 77.4 Å². The summed E-state index contributed by atoms with van der Waals surface area (Å²) in [5.74, 6) is 0. The molecule has 13 heavy (non-hydrogen) atoms. The first-order valence-corrected chi connectivity index (χ1v) is 4.41. The third-order valence-corrected chi connectivity index (χ3v) is 2.05. The molecule has 1 N–H and O–H groups in total. The largest absolute Gasteiger partial charge is 0.392 e. The van der Waals surface area contributed by atoms with Gasteiger partial charge in [0, 0.05) is 29.7 Å². The van der Waals surface area contributed by atoms with Crippen LogP contribution in [0.1, 0.15) is 6.92 Å². The summed E-state index contributed by atoms with van der Waals surface area (Å²) in [6.45, 7) is 2.42. The molecule has 0 amide bonds. The van der Waals surface area contributed by atoms with Gasteiger partial charge in [-0.05, 0) is 13.0 Å². The van der Waals surface area contributed by atoms with E-state index < -0.39 is 0 Å². The standard InChI is InChI=1S/C11H12NO/c1-9(13)8-12-7-6-10-4-2-3-5-11(10)12/h2-5,7,9,13H,8H2,1H3. The van der Waals surface area contributed by atoms with Gasteiger partial charge in [0.25, 0.3) is 0 Å². The molecule has 0 saturated carbocycles. The zero-order valence-corrected chi connectivity index (χ0v) is 7.57. The fourth-order valence-electron chi connectivity index (χ4n) is 1.50.